The summed E-state index contributed by atoms with van der Waals surface area (Å²) in [7, 11) is 0. The summed E-state index contributed by atoms with van der Waals surface area (Å²) in [5, 5.41) is 0.301. The van der Waals surface area contributed by atoms with Crippen LogP contribution in [0.15, 0.2) is 54.6 Å². The van der Waals surface area contributed by atoms with E-state index in [1.807, 2.05) is 37.3 Å². The van der Waals surface area contributed by atoms with Gasteiger partial charge in [-0.1, -0.05) is 41.9 Å². The highest BCUT2D eigenvalue weighted by Crippen LogP contribution is 2.17. The highest BCUT2D eigenvalue weighted by atomic mass is 35.5. The maximum atomic E-state index is 12.2. The molecule has 0 radical (unpaired) electrons. The van der Waals surface area contributed by atoms with Crippen molar-refractivity contribution in [2.45, 2.75) is 6.92 Å². The maximum absolute atomic E-state index is 12.2. The van der Waals surface area contributed by atoms with Gasteiger partial charge in [0.1, 0.15) is 0 Å². The molecule has 0 aromatic heterocycles. The summed E-state index contributed by atoms with van der Waals surface area (Å²) in [4.78, 5) is 25.7. The third-order valence-corrected chi connectivity index (χ3v) is 3.44. The second-order valence-corrected chi connectivity index (χ2v) is 4.94. The first-order chi connectivity index (χ1) is 10.6. The van der Waals surface area contributed by atoms with Crippen LogP contribution in [0.2, 0.25) is 5.02 Å². The van der Waals surface area contributed by atoms with Crippen molar-refractivity contribution < 1.29 is 14.3 Å². The van der Waals surface area contributed by atoms with Gasteiger partial charge in [-0.25, -0.2) is 4.79 Å². The molecule has 0 N–H and O–H groups in total. The number of carbonyl (C=O) groups is 2. The van der Waals surface area contributed by atoms with Gasteiger partial charge in [0.25, 0.3) is 5.91 Å². The zero-order chi connectivity index (χ0) is 15.9. The number of hydrogen-bond acceptors (Lipinski definition) is 3. The molecule has 0 spiro atoms. The third kappa shape index (κ3) is 3.86. The molecule has 4 nitrogen and oxygen atoms in total. The van der Waals surface area contributed by atoms with E-state index in [1.165, 1.54) is 0 Å². The van der Waals surface area contributed by atoms with Gasteiger partial charge in [0.15, 0.2) is 6.61 Å². The Morgan fingerprint density at radius 3 is 2.32 bits per heavy atom. The van der Waals surface area contributed by atoms with Crippen LogP contribution in [0.25, 0.3) is 0 Å². The molecule has 0 unspecified atom stereocenters. The molecular weight excluding hydrogens is 302 g/mol. The lowest BCUT2D eigenvalue weighted by Gasteiger charge is -2.20. The topological polar surface area (TPSA) is 46.6 Å². The number of esters is 1. The van der Waals surface area contributed by atoms with Crippen molar-refractivity contribution in [3.63, 3.8) is 0 Å². The van der Waals surface area contributed by atoms with E-state index in [0.29, 0.717) is 11.6 Å². The summed E-state index contributed by atoms with van der Waals surface area (Å²) in [6.07, 6.45) is 0. The van der Waals surface area contributed by atoms with Crippen LogP contribution in [-0.4, -0.2) is 25.0 Å². The number of amides is 1. The Hall–Kier alpha value is -2.33. The standard InChI is InChI=1S/C17H16ClNO3/c1-2-19(13-8-4-3-5-9-13)16(20)12-22-17(21)14-10-6-7-11-15(14)18/h3-11H,2,12H2,1H3. The minimum absolute atomic E-state index is 0.250. The Kier molecular flexibility index (Phi) is 5.55. The zero-order valence-corrected chi connectivity index (χ0v) is 12.9. The van der Waals surface area contributed by atoms with Crippen molar-refractivity contribution >= 4 is 29.2 Å². The molecular formula is C17H16ClNO3. The van der Waals surface area contributed by atoms with E-state index in [4.69, 9.17) is 16.3 Å². The van der Waals surface area contributed by atoms with Gasteiger partial charge in [-0.15, -0.1) is 0 Å². The first-order valence-electron chi connectivity index (χ1n) is 6.90. The molecule has 0 aliphatic rings. The molecule has 0 fully saturated rings. The molecule has 0 aliphatic carbocycles. The molecule has 2 rings (SSSR count). The van der Waals surface area contributed by atoms with Gasteiger partial charge < -0.3 is 9.64 Å². The number of ether oxygens (including phenoxy) is 1. The fourth-order valence-electron chi connectivity index (χ4n) is 2.02. The number of nitrogens with zero attached hydrogens (tertiary/aromatic N) is 1. The normalized spacial score (nSPS) is 10.1. The smallest absolute Gasteiger partial charge is 0.340 e. The van der Waals surface area contributed by atoms with Crippen LogP contribution in [0, 0.1) is 0 Å². The Morgan fingerprint density at radius 2 is 1.68 bits per heavy atom. The van der Waals surface area contributed by atoms with Crippen LogP contribution in [0.3, 0.4) is 0 Å². The molecule has 0 saturated heterocycles. The molecule has 5 heteroatoms. The summed E-state index contributed by atoms with van der Waals surface area (Å²) in [5.74, 6) is -0.892. The molecule has 0 aliphatic heterocycles. The van der Waals surface area contributed by atoms with Crippen molar-refractivity contribution in [3.8, 4) is 0 Å². The lowest BCUT2D eigenvalue weighted by Crippen LogP contribution is -2.34. The lowest BCUT2D eigenvalue weighted by molar-refractivity contribution is -0.121. The number of carbonyl (C=O) groups excluding carboxylic acids is 2. The van der Waals surface area contributed by atoms with Crippen LogP contribution < -0.4 is 4.90 Å². The average Bonchev–Trinajstić information content (AvgIpc) is 2.55. The molecule has 0 saturated carbocycles. The molecule has 0 heterocycles. The minimum atomic E-state index is -0.608. The van der Waals surface area contributed by atoms with Crippen molar-refractivity contribution in [3.05, 3.63) is 65.2 Å². The predicted octanol–water partition coefficient (Wildman–Crippen LogP) is 3.55. The largest absolute Gasteiger partial charge is 0.452 e. The Labute approximate surface area is 134 Å². The van der Waals surface area contributed by atoms with E-state index in [0.717, 1.165) is 5.69 Å². The fourth-order valence-corrected chi connectivity index (χ4v) is 2.23. The SMILES string of the molecule is CCN(C(=O)COC(=O)c1ccccc1Cl)c1ccccc1. The van der Waals surface area contributed by atoms with Crippen molar-refractivity contribution in [1.29, 1.82) is 0 Å². The van der Waals surface area contributed by atoms with Crippen LogP contribution in [0.4, 0.5) is 5.69 Å². The van der Waals surface area contributed by atoms with Gasteiger partial charge in [-0.3, -0.25) is 4.79 Å². The van der Waals surface area contributed by atoms with E-state index < -0.39 is 5.97 Å². The van der Waals surface area contributed by atoms with Crippen LogP contribution >= 0.6 is 11.6 Å². The van der Waals surface area contributed by atoms with Crippen molar-refractivity contribution in [2.75, 3.05) is 18.1 Å². The number of rotatable bonds is 5. The monoisotopic (exact) mass is 317 g/mol. The first kappa shape index (κ1) is 16.0. The Balaban J connectivity index is 2.00. The fraction of sp³-hybridized carbons (Fsp3) is 0.176. The second-order valence-electron chi connectivity index (χ2n) is 4.53. The number of halogens is 1. The first-order valence-corrected chi connectivity index (χ1v) is 7.28. The third-order valence-electron chi connectivity index (χ3n) is 3.11. The van der Waals surface area contributed by atoms with Gasteiger partial charge in [-0.05, 0) is 31.2 Å². The highest BCUT2D eigenvalue weighted by molar-refractivity contribution is 6.33. The average molecular weight is 318 g/mol. The molecule has 0 bridgehead atoms. The number of para-hydroxylation sites is 1. The van der Waals surface area contributed by atoms with Crippen molar-refractivity contribution in [2.24, 2.45) is 0 Å². The Morgan fingerprint density at radius 1 is 1.05 bits per heavy atom. The molecule has 114 valence electrons. The quantitative estimate of drug-likeness (QED) is 0.792. The summed E-state index contributed by atoms with van der Waals surface area (Å²) < 4.78 is 5.06. The highest BCUT2D eigenvalue weighted by Gasteiger charge is 2.17. The number of hydrogen-bond donors (Lipinski definition) is 0. The number of likely N-dealkylation sites (N-methyl/N-ethyl adjacent to an activating group) is 1. The van der Waals surface area contributed by atoms with E-state index >= 15 is 0 Å². The minimum Gasteiger partial charge on any atom is -0.452 e. The van der Waals surface area contributed by atoms with Gasteiger partial charge in [0.05, 0.1) is 10.6 Å². The van der Waals surface area contributed by atoms with E-state index in [9.17, 15) is 9.59 Å². The van der Waals surface area contributed by atoms with Crippen LogP contribution in [-0.2, 0) is 9.53 Å². The Bertz CT molecular complexity index is 658. The molecule has 2 aromatic carbocycles. The van der Waals surface area contributed by atoms with Crippen molar-refractivity contribution in [1.82, 2.24) is 0 Å². The predicted molar refractivity (Wildman–Crippen MR) is 86.2 cm³/mol. The number of anilines is 1. The summed E-state index contributed by atoms with van der Waals surface area (Å²) in [6, 6.07) is 15.8. The molecule has 0 atom stereocenters. The van der Waals surface area contributed by atoms with E-state index in [2.05, 4.69) is 0 Å². The van der Waals surface area contributed by atoms with Gasteiger partial charge in [0.2, 0.25) is 0 Å². The second kappa shape index (κ2) is 7.61. The lowest BCUT2D eigenvalue weighted by atomic mass is 10.2. The molecule has 22 heavy (non-hydrogen) atoms. The van der Waals surface area contributed by atoms with E-state index in [1.54, 1.807) is 29.2 Å². The number of benzene rings is 2. The van der Waals surface area contributed by atoms with Gasteiger partial charge in [0, 0.05) is 12.2 Å². The van der Waals surface area contributed by atoms with E-state index in [-0.39, 0.29) is 18.1 Å². The van der Waals surface area contributed by atoms with Gasteiger partial charge >= 0.3 is 5.97 Å². The summed E-state index contributed by atoms with van der Waals surface area (Å²) in [5.41, 5.74) is 1.02. The van der Waals surface area contributed by atoms with Crippen LogP contribution in [0.5, 0.6) is 0 Å². The molecule has 1 amide bonds. The zero-order valence-electron chi connectivity index (χ0n) is 12.2. The summed E-state index contributed by atoms with van der Waals surface area (Å²) >= 11 is 5.92. The molecule has 2 aromatic rings. The summed E-state index contributed by atoms with van der Waals surface area (Å²) in [6.45, 7) is 2.03. The van der Waals surface area contributed by atoms with Gasteiger partial charge in [-0.2, -0.15) is 0 Å². The van der Waals surface area contributed by atoms with Crippen LogP contribution in [0.1, 0.15) is 17.3 Å². The maximum Gasteiger partial charge on any atom is 0.340 e.